The van der Waals surface area contributed by atoms with E-state index in [2.05, 4.69) is 10.2 Å². The number of hydrogen-bond donors (Lipinski definition) is 1. The molecule has 7 heteroatoms. The summed E-state index contributed by atoms with van der Waals surface area (Å²) in [5.41, 5.74) is 0. The molecule has 0 aliphatic carbocycles. The van der Waals surface area contributed by atoms with Crippen molar-refractivity contribution in [3.05, 3.63) is 0 Å². The minimum absolute atomic E-state index is 0.0175. The molecule has 2 saturated heterocycles. The molecule has 0 saturated carbocycles. The van der Waals surface area contributed by atoms with Crippen LogP contribution in [0.1, 0.15) is 12.8 Å². The second-order valence-corrected chi connectivity index (χ2v) is 5.23. The molecule has 114 valence electrons. The maximum Gasteiger partial charge on any atom is 0.409 e. The molecule has 0 spiro atoms. The number of nitrogens with zero attached hydrogens (tertiary/aromatic N) is 2. The summed E-state index contributed by atoms with van der Waals surface area (Å²) in [6.45, 7) is 5.49. The molecule has 0 aromatic rings. The van der Waals surface area contributed by atoms with Gasteiger partial charge in [-0.3, -0.25) is 9.69 Å². The van der Waals surface area contributed by atoms with Gasteiger partial charge in [-0.25, -0.2) is 4.79 Å². The fourth-order valence-corrected chi connectivity index (χ4v) is 2.36. The summed E-state index contributed by atoms with van der Waals surface area (Å²) in [6.07, 6.45) is 0.522. The Balaban J connectivity index is 1.53. The highest BCUT2D eigenvalue weighted by Gasteiger charge is 2.28. The van der Waals surface area contributed by atoms with Gasteiger partial charge in [0.1, 0.15) is 6.10 Å². The van der Waals surface area contributed by atoms with Gasteiger partial charge in [0.25, 0.3) is 0 Å². The fraction of sp³-hybridized carbons (Fsp3) is 0.846. The van der Waals surface area contributed by atoms with E-state index in [-0.39, 0.29) is 18.1 Å². The number of ether oxygens (including phenoxy) is 2. The number of likely N-dealkylation sites (N-methyl/N-ethyl adjacent to an activating group) is 1. The van der Waals surface area contributed by atoms with E-state index in [9.17, 15) is 9.59 Å². The topological polar surface area (TPSA) is 71.1 Å². The first-order valence-corrected chi connectivity index (χ1v) is 7.13. The molecular formula is C13H23N3O4. The van der Waals surface area contributed by atoms with Gasteiger partial charge < -0.3 is 19.7 Å². The number of amides is 2. The first-order chi connectivity index (χ1) is 9.65. The van der Waals surface area contributed by atoms with Gasteiger partial charge in [0, 0.05) is 39.6 Å². The monoisotopic (exact) mass is 285 g/mol. The Morgan fingerprint density at radius 2 is 2.15 bits per heavy atom. The summed E-state index contributed by atoms with van der Waals surface area (Å²) in [4.78, 5) is 26.7. The largest absolute Gasteiger partial charge is 0.444 e. The molecule has 0 radical (unpaired) electrons. The maximum atomic E-state index is 11.7. The average Bonchev–Trinajstić information content (AvgIpc) is 2.77. The SMILES string of the molecule is CN1CC(CCC(=O)NCCN2CCOCC2)OC1=O. The van der Waals surface area contributed by atoms with E-state index in [4.69, 9.17) is 9.47 Å². The third kappa shape index (κ3) is 4.64. The van der Waals surface area contributed by atoms with Crippen LogP contribution in [0.4, 0.5) is 4.79 Å². The lowest BCUT2D eigenvalue weighted by molar-refractivity contribution is -0.121. The predicted octanol–water partition coefficient (Wildman–Crippen LogP) is -0.334. The Hall–Kier alpha value is -1.34. The van der Waals surface area contributed by atoms with Gasteiger partial charge in [-0.2, -0.15) is 0 Å². The number of carbonyl (C=O) groups excluding carboxylic acids is 2. The zero-order valence-electron chi connectivity index (χ0n) is 12.0. The van der Waals surface area contributed by atoms with Crippen molar-refractivity contribution in [2.24, 2.45) is 0 Å². The molecule has 20 heavy (non-hydrogen) atoms. The highest BCUT2D eigenvalue weighted by molar-refractivity contribution is 5.76. The quantitative estimate of drug-likeness (QED) is 0.723. The number of cyclic esters (lactones) is 1. The van der Waals surface area contributed by atoms with Gasteiger partial charge in [0.15, 0.2) is 0 Å². The fourth-order valence-electron chi connectivity index (χ4n) is 2.36. The second-order valence-electron chi connectivity index (χ2n) is 5.23. The standard InChI is InChI=1S/C13H23N3O4/c1-15-10-11(20-13(15)18)2-3-12(17)14-4-5-16-6-8-19-9-7-16/h11H,2-10H2,1H3,(H,14,17). The smallest absolute Gasteiger partial charge is 0.409 e. The summed E-state index contributed by atoms with van der Waals surface area (Å²) in [5, 5.41) is 2.90. The molecule has 1 N–H and O–H groups in total. The van der Waals surface area contributed by atoms with Crippen LogP contribution in [0.25, 0.3) is 0 Å². The molecule has 2 amide bonds. The normalized spacial score (nSPS) is 23.8. The van der Waals surface area contributed by atoms with Crippen LogP contribution in [-0.4, -0.2) is 80.9 Å². The van der Waals surface area contributed by atoms with E-state index >= 15 is 0 Å². The highest BCUT2D eigenvalue weighted by atomic mass is 16.6. The van der Waals surface area contributed by atoms with Gasteiger partial charge in [0.05, 0.1) is 19.8 Å². The van der Waals surface area contributed by atoms with E-state index in [0.29, 0.717) is 25.9 Å². The molecule has 2 heterocycles. The van der Waals surface area contributed by atoms with Crippen molar-refractivity contribution >= 4 is 12.0 Å². The molecule has 1 unspecified atom stereocenters. The zero-order valence-corrected chi connectivity index (χ0v) is 12.0. The van der Waals surface area contributed by atoms with E-state index in [0.717, 1.165) is 32.8 Å². The Labute approximate surface area is 119 Å². The first kappa shape index (κ1) is 15.1. The van der Waals surface area contributed by atoms with Gasteiger partial charge in [-0.1, -0.05) is 0 Å². The maximum absolute atomic E-state index is 11.7. The second kappa shape index (κ2) is 7.44. The number of nitrogens with one attached hydrogen (secondary N) is 1. The molecule has 1 atom stereocenters. The van der Waals surface area contributed by atoms with Crippen molar-refractivity contribution in [1.82, 2.24) is 15.1 Å². The van der Waals surface area contributed by atoms with Crippen molar-refractivity contribution < 1.29 is 19.1 Å². The third-order valence-corrected chi connectivity index (χ3v) is 3.60. The van der Waals surface area contributed by atoms with Crippen molar-refractivity contribution in [3.63, 3.8) is 0 Å². The number of hydrogen-bond acceptors (Lipinski definition) is 5. The van der Waals surface area contributed by atoms with Crippen molar-refractivity contribution in [2.75, 3.05) is 53.0 Å². The van der Waals surface area contributed by atoms with E-state index in [1.54, 1.807) is 7.05 Å². The summed E-state index contributed by atoms with van der Waals surface area (Å²) in [6, 6.07) is 0. The Kier molecular flexibility index (Phi) is 5.60. The lowest BCUT2D eigenvalue weighted by Gasteiger charge is -2.26. The lowest BCUT2D eigenvalue weighted by Crippen LogP contribution is -2.41. The molecule has 2 rings (SSSR count). The molecule has 2 aliphatic rings. The number of rotatable bonds is 6. The summed E-state index contributed by atoms with van der Waals surface area (Å²) >= 11 is 0. The van der Waals surface area contributed by atoms with E-state index in [1.165, 1.54) is 4.90 Å². The van der Waals surface area contributed by atoms with E-state index < -0.39 is 0 Å². The van der Waals surface area contributed by atoms with Gasteiger partial charge in [-0.15, -0.1) is 0 Å². The first-order valence-electron chi connectivity index (χ1n) is 7.13. The molecule has 0 aromatic carbocycles. The minimum Gasteiger partial charge on any atom is -0.444 e. The zero-order chi connectivity index (χ0) is 14.4. The Bertz CT molecular complexity index is 345. The molecule has 2 aliphatic heterocycles. The summed E-state index contributed by atoms with van der Waals surface area (Å²) in [7, 11) is 1.70. The van der Waals surface area contributed by atoms with Crippen LogP contribution >= 0.6 is 0 Å². The van der Waals surface area contributed by atoms with E-state index in [1.807, 2.05) is 0 Å². The summed E-state index contributed by atoms with van der Waals surface area (Å²) in [5.74, 6) is 0.0175. The molecule has 7 nitrogen and oxygen atoms in total. The van der Waals surface area contributed by atoms with Gasteiger partial charge in [0.2, 0.25) is 5.91 Å². The van der Waals surface area contributed by atoms with Crippen LogP contribution in [0, 0.1) is 0 Å². The number of carbonyl (C=O) groups is 2. The molecule has 2 fully saturated rings. The predicted molar refractivity (Wildman–Crippen MR) is 72.4 cm³/mol. The van der Waals surface area contributed by atoms with Crippen LogP contribution < -0.4 is 5.32 Å². The number of morpholine rings is 1. The van der Waals surface area contributed by atoms with Crippen LogP contribution in [0.5, 0.6) is 0 Å². The molecule has 0 bridgehead atoms. The van der Waals surface area contributed by atoms with Crippen LogP contribution in [0.2, 0.25) is 0 Å². The average molecular weight is 285 g/mol. The lowest BCUT2D eigenvalue weighted by atomic mass is 10.2. The Morgan fingerprint density at radius 1 is 1.40 bits per heavy atom. The van der Waals surface area contributed by atoms with Gasteiger partial charge in [-0.05, 0) is 6.42 Å². The van der Waals surface area contributed by atoms with Crippen molar-refractivity contribution in [1.29, 1.82) is 0 Å². The van der Waals surface area contributed by atoms with Crippen LogP contribution in [0.3, 0.4) is 0 Å². The van der Waals surface area contributed by atoms with Crippen molar-refractivity contribution in [2.45, 2.75) is 18.9 Å². The highest BCUT2D eigenvalue weighted by Crippen LogP contribution is 2.13. The third-order valence-electron chi connectivity index (χ3n) is 3.60. The van der Waals surface area contributed by atoms with Crippen molar-refractivity contribution in [3.8, 4) is 0 Å². The van der Waals surface area contributed by atoms with Crippen LogP contribution in [-0.2, 0) is 14.3 Å². The molecular weight excluding hydrogens is 262 g/mol. The van der Waals surface area contributed by atoms with Gasteiger partial charge >= 0.3 is 6.09 Å². The minimum atomic E-state index is -0.303. The van der Waals surface area contributed by atoms with Crippen LogP contribution in [0.15, 0.2) is 0 Å². The Morgan fingerprint density at radius 3 is 2.80 bits per heavy atom. The summed E-state index contributed by atoms with van der Waals surface area (Å²) < 4.78 is 10.4. The molecule has 0 aromatic heterocycles.